The maximum absolute atomic E-state index is 13.9. The van der Waals surface area contributed by atoms with Crippen molar-refractivity contribution in [1.82, 2.24) is 14.8 Å². The largest absolute Gasteiger partial charge is 0.494 e. The Morgan fingerprint density at radius 1 is 1.12 bits per heavy atom. The van der Waals surface area contributed by atoms with Gasteiger partial charge in [-0.2, -0.15) is 0 Å². The zero-order valence-electron chi connectivity index (χ0n) is 22.8. The second-order valence-electron chi connectivity index (χ2n) is 9.27. The van der Waals surface area contributed by atoms with E-state index in [1.54, 1.807) is 59.5 Å². The number of halogens is 1. The molecule has 1 N–H and O–H groups in total. The SMILES string of the molecule is CCOc1ccc(N2C(=O)/C(=C/c3cn(CC(=O)NCc4ccco4)c4ccc(Br)cc34)N(CC(=O)OC)C2=S)cc1. The van der Waals surface area contributed by atoms with Crippen LogP contribution in [0.5, 0.6) is 5.75 Å². The van der Waals surface area contributed by atoms with E-state index in [1.807, 2.05) is 25.1 Å². The van der Waals surface area contributed by atoms with Crippen LogP contribution in [0.3, 0.4) is 0 Å². The Morgan fingerprint density at radius 3 is 2.60 bits per heavy atom. The lowest BCUT2D eigenvalue weighted by Gasteiger charge is -2.19. The Hall–Kier alpha value is -4.42. The molecule has 2 aromatic carbocycles. The highest BCUT2D eigenvalue weighted by Gasteiger charge is 2.40. The van der Waals surface area contributed by atoms with Crippen LogP contribution in [-0.2, 0) is 32.2 Å². The van der Waals surface area contributed by atoms with Gasteiger partial charge in [-0.15, -0.1) is 0 Å². The van der Waals surface area contributed by atoms with Gasteiger partial charge in [0.2, 0.25) is 5.91 Å². The van der Waals surface area contributed by atoms with E-state index in [1.165, 1.54) is 16.9 Å². The molecule has 216 valence electrons. The predicted molar refractivity (Wildman–Crippen MR) is 165 cm³/mol. The molecule has 5 rings (SSSR count). The molecule has 0 atom stereocenters. The van der Waals surface area contributed by atoms with Gasteiger partial charge in [0, 0.05) is 27.1 Å². The van der Waals surface area contributed by atoms with E-state index in [4.69, 9.17) is 26.1 Å². The molecule has 0 radical (unpaired) electrons. The van der Waals surface area contributed by atoms with Gasteiger partial charge in [-0.25, -0.2) is 0 Å². The summed E-state index contributed by atoms with van der Waals surface area (Å²) < 4.78 is 18.3. The fraction of sp³-hybridized carbons (Fsp3) is 0.200. The number of nitrogens with one attached hydrogen (secondary N) is 1. The summed E-state index contributed by atoms with van der Waals surface area (Å²) in [7, 11) is 1.28. The molecule has 2 amide bonds. The van der Waals surface area contributed by atoms with Crippen molar-refractivity contribution in [3.8, 4) is 5.75 Å². The lowest BCUT2D eigenvalue weighted by atomic mass is 10.1. The van der Waals surface area contributed by atoms with Gasteiger partial charge < -0.3 is 28.7 Å². The van der Waals surface area contributed by atoms with E-state index in [0.717, 1.165) is 15.4 Å². The molecule has 3 heterocycles. The van der Waals surface area contributed by atoms with Gasteiger partial charge in [0.15, 0.2) is 5.11 Å². The van der Waals surface area contributed by atoms with E-state index in [2.05, 4.69) is 21.2 Å². The molecular formula is C30H27BrN4O6S. The molecule has 0 bridgehead atoms. The number of methoxy groups -OCH3 is 1. The highest BCUT2D eigenvalue weighted by Crippen LogP contribution is 2.33. The summed E-state index contributed by atoms with van der Waals surface area (Å²) in [4.78, 5) is 41.8. The second kappa shape index (κ2) is 12.6. The van der Waals surface area contributed by atoms with Crippen LogP contribution in [0.15, 0.2) is 81.6 Å². The van der Waals surface area contributed by atoms with Gasteiger partial charge in [0.1, 0.15) is 30.3 Å². The smallest absolute Gasteiger partial charge is 0.325 e. The molecule has 1 fully saturated rings. The number of hydrogen-bond donors (Lipinski definition) is 1. The van der Waals surface area contributed by atoms with E-state index in [0.29, 0.717) is 29.4 Å². The third-order valence-corrected chi connectivity index (χ3v) is 7.47. The molecule has 0 aliphatic carbocycles. The van der Waals surface area contributed by atoms with Gasteiger partial charge in [-0.05, 0) is 79.8 Å². The summed E-state index contributed by atoms with van der Waals surface area (Å²) >= 11 is 9.21. The van der Waals surface area contributed by atoms with E-state index < -0.39 is 11.9 Å². The van der Waals surface area contributed by atoms with Gasteiger partial charge in [-0.1, -0.05) is 15.9 Å². The molecule has 0 spiro atoms. The molecule has 0 saturated carbocycles. The number of carbonyl (C=O) groups excluding carboxylic acids is 3. The number of nitrogens with zero attached hydrogens (tertiary/aromatic N) is 3. The van der Waals surface area contributed by atoms with Crippen LogP contribution in [0.25, 0.3) is 17.0 Å². The second-order valence-corrected chi connectivity index (χ2v) is 10.6. The number of esters is 1. The van der Waals surface area contributed by atoms with Crippen LogP contribution in [0.2, 0.25) is 0 Å². The lowest BCUT2D eigenvalue weighted by Crippen LogP contribution is -2.35. The minimum atomic E-state index is -0.553. The van der Waals surface area contributed by atoms with Crippen LogP contribution < -0.4 is 15.0 Å². The summed E-state index contributed by atoms with van der Waals surface area (Å²) in [5.41, 5.74) is 2.18. The molecule has 12 heteroatoms. The minimum Gasteiger partial charge on any atom is -0.494 e. The number of ether oxygens (including phenoxy) is 2. The number of benzene rings is 2. The van der Waals surface area contributed by atoms with Crippen molar-refractivity contribution in [2.24, 2.45) is 0 Å². The van der Waals surface area contributed by atoms with Gasteiger partial charge in [0.25, 0.3) is 5.91 Å². The number of amides is 2. The molecule has 1 aliphatic rings. The van der Waals surface area contributed by atoms with E-state index >= 15 is 0 Å². The van der Waals surface area contributed by atoms with Crippen LogP contribution in [-0.4, -0.2) is 52.6 Å². The summed E-state index contributed by atoms with van der Waals surface area (Å²) in [6.45, 7) is 2.45. The van der Waals surface area contributed by atoms with Crippen molar-refractivity contribution in [1.29, 1.82) is 0 Å². The third kappa shape index (κ3) is 6.09. The van der Waals surface area contributed by atoms with E-state index in [-0.39, 0.29) is 36.4 Å². The predicted octanol–water partition coefficient (Wildman–Crippen LogP) is 4.86. The molecular weight excluding hydrogens is 624 g/mol. The maximum Gasteiger partial charge on any atom is 0.325 e. The Bertz CT molecular complexity index is 1680. The summed E-state index contributed by atoms with van der Waals surface area (Å²) in [5, 5.41) is 3.79. The van der Waals surface area contributed by atoms with Crippen molar-refractivity contribution < 1.29 is 28.3 Å². The number of furan rings is 1. The van der Waals surface area contributed by atoms with Crippen molar-refractivity contribution in [3.05, 3.63) is 88.6 Å². The van der Waals surface area contributed by atoms with Gasteiger partial charge in [0.05, 0.1) is 32.2 Å². The quantitative estimate of drug-likeness (QED) is 0.147. The zero-order chi connectivity index (χ0) is 29.8. The van der Waals surface area contributed by atoms with Crippen LogP contribution >= 0.6 is 28.1 Å². The first-order valence-corrected chi connectivity index (χ1v) is 14.2. The van der Waals surface area contributed by atoms with Crippen molar-refractivity contribution >= 4 is 73.7 Å². The number of fused-ring (bicyclic) bond motifs is 1. The standard InChI is InChI=1S/C30H27BrN4O6S/c1-3-40-22-9-7-21(8-10-22)35-29(38)26(34(30(35)42)18-28(37)39-2)13-19-16-33(25-11-6-20(31)14-24(19)25)17-27(36)32-15-23-5-4-12-41-23/h4-14,16H,3,15,17-18H2,1-2H3,(H,32,36)/b26-13-. The fourth-order valence-electron chi connectivity index (χ4n) is 4.61. The first kappa shape index (κ1) is 29.1. The van der Waals surface area contributed by atoms with Crippen molar-refractivity contribution in [2.75, 3.05) is 25.2 Å². The van der Waals surface area contributed by atoms with Crippen LogP contribution in [0, 0.1) is 0 Å². The summed E-state index contributed by atoms with van der Waals surface area (Å²) in [6, 6.07) is 16.2. The maximum atomic E-state index is 13.9. The Balaban J connectivity index is 1.51. The number of aromatic nitrogens is 1. The number of anilines is 1. The van der Waals surface area contributed by atoms with Gasteiger partial charge in [-0.3, -0.25) is 19.3 Å². The normalized spacial score (nSPS) is 14.2. The third-order valence-electron chi connectivity index (χ3n) is 6.58. The number of thiocarbonyl (C=S) groups is 1. The Labute approximate surface area is 255 Å². The van der Waals surface area contributed by atoms with Crippen LogP contribution in [0.1, 0.15) is 18.2 Å². The fourth-order valence-corrected chi connectivity index (χ4v) is 5.32. The molecule has 42 heavy (non-hydrogen) atoms. The van der Waals surface area contributed by atoms with E-state index in [9.17, 15) is 14.4 Å². The highest BCUT2D eigenvalue weighted by molar-refractivity contribution is 9.10. The Morgan fingerprint density at radius 2 is 1.90 bits per heavy atom. The highest BCUT2D eigenvalue weighted by atomic mass is 79.9. The topological polar surface area (TPSA) is 106 Å². The monoisotopic (exact) mass is 650 g/mol. The number of rotatable bonds is 10. The lowest BCUT2D eigenvalue weighted by molar-refractivity contribution is -0.140. The zero-order valence-corrected chi connectivity index (χ0v) is 25.2. The first-order valence-electron chi connectivity index (χ1n) is 13.0. The van der Waals surface area contributed by atoms with Crippen molar-refractivity contribution in [2.45, 2.75) is 20.0 Å². The molecule has 2 aromatic heterocycles. The number of hydrogen-bond acceptors (Lipinski definition) is 7. The number of carbonyl (C=O) groups is 3. The average Bonchev–Trinajstić information content (AvgIpc) is 3.67. The summed E-state index contributed by atoms with van der Waals surface area (Å²) in [6.07, 6.45) is 5.02. The molecule has 0 unspecified atom stereocenters. The molecule has 1 saturated heterocycles. The average molecular weight is 652 g/mol. The van der Waals surface area contributed by atoms with Crippen molar-refractivity contribution in [3.63, 3.8) is 0 Å². The Kier molecular flexibility index (Phi) is 8.74. The molecule has 10 nitrogen and oxygen atoms in total. The minimum absolute atomic E-state index is 0.0402. The van der Waals surface area contributed by atoms with Gasteiger partial charge >= 0.3 is 5.97 Å². The molecule has 4 aromatic rings. The first-order chi connectivity index (χ1) is 20.3. The van der Waals surface area contributed by atoms with Crippen LogP contribution in [0.4, 0.5) is 5.69 Å². The molecule has 1 aliphatic heterocycles. The summed E-state index contributed by atoms with van der Waals surface area (Å²) in [5.74, 6) is 0.141.